The van der Waals surface area contributed by atoms with E-state index >= 15 is 0 Å². The molecule has 0 spiro atoms. The standard InChI is InChI=1S/C64H57BN2OS/c1-34-25-44(40-26-42-43-28-48-49(63(7,8)24-23-62(48,5)6)31-56(43)69-57(42)32-51(40)66-36-21-19-35(20-22-36)61(2,3)4)59-60-58(34)45-27-41-38-16-12-14-18-54(38)68-55(41)33-52(45)67(60)53-30-47-39(29-50(53)65-59)37-15-11-13-17-46(37)64(47,9)10/h11-22,25-33,65-66H,23-24H2,1-10H3. The van der Waals surface area contributed by atoms with Gasteiger partial charge in [0.1, 0.15) is 11.2 Å². The van der Waals surface area contributed by atoms with Gasteiger partial charge < -0.3 is 14.3 Å². The molecule has 5 heteroatoms. The normalized spacial score (nSPS) is 16.3. The summed E-state index contributed by atoms with van der Waals surface area (Å²) in [6.07, 6.45) is 2.40. The van der Waals surface area contributed by atoms with Gasteiger partial charge in [-0.3, -0.25) is 0 Å². The molecule has 0 saturated carbocycles. The summed E-state index contributed by atoms with van der Waals surface area (Å²) >= 11 is 1.95. The molecule has 11 aromatic rings. The molecule has 4 heterocycles. The van der Waals surface area contributed by atoms with Gasteiger partial charge in [-0.05, 0) is 146 Å². The SMILES string of the molecule is Cc1cc(-c2cc3c(cc2Nc2ccc(C(C)(C)C)cc2)sc2cc4c(cc23)C(C)(C)CCC4(C)C)c2c3c1c1cc4c(cc1n3-c1cc3c(cc1B2)-c1ccccc1C3(C)C)oc1ccccc14. The van der Waals surface area contributed by atoms with Gasteiger partial charge in [-0.1, -0.05) is 135 Å². The van der Waals surface area contributed by atoms with Crippen molar-refractivity contribution >= 4 is 105 Å². The number of thiophene rings is 1. The van der Waals surface area contributed by atoms with E-state index in [1.165, 1.54) is 132 Å². The van der Waals surface area contributed by atoms with E-state index < -0.39 is 0 Å². The Balaban J connectivity index is 1.08. The van der Waals surface area contributed by atoms with Gasteiger partial charge in [0.2, 0.25) is 0 Å². The zero-order valence-corrected chi connectivity index (χ0v) is 42.3. The first-order valence-electron chi connectivity index (χ1n) is 25.1. The van der Waals surface area contributed by atoms with Crippen molar-refractivity contribution in [3.8, 4) is 27.9 Å². The van der Waals surface area contributed by atoms with Crippen LogP contribution in [-0.2, 0) is 21.7 Å². The highest BCUT2D eigenvalue weighted by atomic mass is 32.1. The Bertz CT molecular complexity index is 4090. The quantitative estimate of drug-likeness (QED) is 0.179. The second kappa shape index (κ2) is 13.6. The average Bonchev–Trinajstić information content (AvgIpc) is 4.03. The van der Waals surface area contributed by atoms with E-state index in [-0.39, 0.29) is 21.7 Å². The van der Waals surface area contributed by atoms with Crippen molar-refractivity contribution in [1.82, 2.24) is 4.57 Å². The van der Waals surface area contributed by atoms with Crippen LogP contribution in [0, 0.1) is 6.92 Å². The molecule has 338 valence electrons. The molecule has 0 unspecified atom stereocenters. The van der Waals surface area contributed by atoms with Crippen molar-refractivity contribution in [2.24, 2.45) is 0 Å². The van der Waals surface area contributed by atoms with Crippen LogP contribution in [0.2, 0.25) is 0 Å². The van der Waals surface area contributed by atoms with E-state index in [0.29, 0.717) is 0 Å². The number of benzene rings is 8. The number of nitrogens with zero attached hydrogens (tertiary/aromatic N) is 1. The van der Waals surface area contributed by atoms with Gasteiger partial charge in [-0.25, -0.2) is 0 Å². The number of fused-ring (bicyclic) bond motifs is 15. The lowest BCUT2D eigenvalue weighted by Gasteiger charge is -2.41. The van der Waals surface area contributed by atoms with Crippen LogP contribution in [0.3, 0.4) is 0 Å². The van der Waals surface area contributed by atoms with Crippen LogP contribution < -0.4 is 16.2 Å². The van der Waals surface area contributed by atoms with Crippen LogP contribution in [0.25, 0.3) is 91.9 Å². The summed E-state index contributed by atoms with van der Waals surface area (Å²) in [5.74, 6) is 0. The molecule has 3 aliphatic rings. The van der Waals surface area contributed by atoms with E-state index in [0.717, 1.165) is 35.2 Å². The third-order valence-corrected chi connectivity index (χ3v) is 18.2. The number of hydrogen-bond acceptors (Lipinski definition) is 3. The van der Waals surface area contributed by atoms with Gasteiger partial charge in [0, 0.05) is 81.3 Å². The summed E-state index contributed by atoms with van der Waals surface area (Å²) in [5, 5.41) is 11.7. The molecule has 69 heavy (non-hydrogen) atoms. The highest BCUT2D eigenvalue weighted by Gasteiger charge is 2.40. The summed E-state index contributed by atoms with van der Waals surface area (Å²) in [4.78, 5) is 0. The van der Waals surface area contributed by atoms with Crippen LogP contribution in [-0.4, -0.2) is 11.8 Å². The van der Waals surface area contributed by atoms with Gasteiger partial charge in [-0.2, -0.15) is 0 Å². The van der Waals surface area contributed by atoms with Crippen LogP contribution in [0.4, 0.5) is 11.4 Å². The lowest BCUT2D eigenvalue weighted by molar-refractivity contribution is 0.332. The zero-order valence-electron chi connectivity index (χ0n) is 41.5. The Labute approximate surface area is 409 Å². The number of rotatable bonds is 3. The Morgan fingerprint density at radius 1 is 0.594 bits per heavy atom. The first-order valence-corrected chi connectivity index (χ1v) is 25.9. The molecule has 1 N–H and O–H groups in total. The summed E-state index contributed by atoms with van der Waals surface area (Å²) < 4.78 is 12.0. The number of anilines is 2. The predicted octanol–water partition coefficient (Wildman–Crippen LogP) is 16.4. The molecular formula is C64H57BN2OS. The number of hydrogen-bond donors (Lipinski definition) is 1. The largest absolute Gasteiger partial charge is 0.456 e. The molecule has 14 rings (SSSR count). The summed E-state index contributed by atoms with van der Waals surface area (Å²) in [6.45, 7) is 23.8. The molecule has 3 aromatic heterocycles. The molecule has 0 atom stereocenters. The Morgan fingerprint density at radius 3 is 2.09 bits per heavy atom. The lowest BCUT2D eigenvalue weighted by Crippen LogP contribution is -2.38. The van der Waals surface area contributed by atoms with E-state index in [1.807, 2.05) is 11.3 Å². The topological polar surface area (TPSA) is 30.1 Å². The van der Waals surface area contributed by atoms with Crippen molar-refractivity contribution in [2.75, 3.05) is 5.32 Å². The van der Waals surface area contributed by atoms with Crippen molar-refractivity contribution in [3.63, 3.8) is 0 Å². The van der Waals surface area contributed by atoms with E-state index in [1.54, 1.807) is 0 Å². The Kier molecular flexibility index (Phi) is 8.17. The van der Waals surface area contributed by atoms with Crippen molar-refractivity contribution in [3.05, 3.63) is 161 Å². The van der Waals surface area contributed by atoms with Gasteiger partial charge in [0.05, 0.1) is 5.52 Å². The second-order valence-corrected chi connectivity index (χ2v) is 24.8. The molecule has 8 aromatic carbocycles. The lowest BCUT2D eigenvalue weighted by atomic mass is 9.58. The van der Waals surface area contributed by atoms with Crippen molar-refractivity contribution < 1.29 is 4.42 Å². The summed E-state index contributed by atoms with van der Waals surface area (Å²) in [7, 11) is 0.825. The minimum atomic E-state index is -0.123. The minimum Gasteiger partial charge on any atom is -0.456 e. The van der Waals surface area contributed by atoms with Crippen LogP contribution >= 0.6 is 11.3 Å². The zero-order chi connectivity index (χ0) is 47.3. The maximum Gasteiger partial charge on any atom is 0.198 e. The molecule has 0 saturated heterocycles. The maximum atomic E-state index is 6.67. The molecule has 0 amide bonds. The second-order valence-electron chi connectivity index (χ2n) is 23.7. The van der Waals surface area contributed by atoms with Gasteiger partial charge in [0.25, 0.3) is 0 Å². The molecule has 2 aliphatic carbocycles. The van der Waals surface area contributed by atoms with E-state index in [9.17, 15) is 0 Å². The van der Waals surface area contributed by atoms with Gasteiger partial charge >= 0.3 is 0 Å². The minimum absolute atomic E-state index is 0.0694. The highest BCUT2D eigenvalue weighted by molar-refractivity contribution is 7.25. The number of para-hydroxylation sites is 1. The molecule has 0 bridgehead atoms. The number of aryl methyl sites for hydroxylation is 1. The number of nitrogens with one attached hydrogen (secondary N) is 1. The number of aromatic nitrogens is 1. The van der Waals surface area contributed by atoms with Crippen LogP contribution in [0.15, 0.2) is 132 Å². The van der Waals surface area contributed by atoms with Crippen LogP contribution in [0.1, 0.15) is 109 Å². The molecule has 0 radical (unpaired) electrons. The first-order chi connectivity index (χ1) is 32.9. The molecule has 3 nitrogen and oxygen atoms in total. The smallest absolute Gasteiger partial charge is 0.198 e. The predicted molar refractivity (Wildman–Crippen MR) is 299 cm³/mol. The Morgan fingerprint density at radius 2 is 1.30 bits per heavy atom. The fraction of sp³-hybridized carbons (Fsp3) is 0.250. The summed E-state index contributed by atoms with van der Waals surface area (Å²) in [6, 6.07) is 49.2. The van der Waals surface area contributed by atoms with E-state index in [4.69, 9.17) is 4.42 Å². The summed E-state index contributed by atoms with van der Waals surface area (Å²) in [5.41, 5.74) is 24.5. The van der Waals surface area contributed by atoms with E-state index in [2.05, 4.69) is 207 Å². The first kappa shape index (κ1) is 41.4. The maximum absolute atomic E-state index is 6.67. The fourth-order valence-electron chi connectivity index (χ4n) is 13.1. The molecular weight excluding hydrogens is 856 g/mol. The average molecular weight is 913 g/mol. The van der Waals surface area contributed by atoms with Gasteiger partial charge in [-0.15, -0.1) is 11.3 Å². The highest BCUT2D eigenvalue weighted by Crippen LogP contribution is 2.53. The number of furan rings is 1. The third-order valence-electron chi connectivity index (χ3n) is 17.1. The third kappa shape index (κ3) is 5.74. The molecule has 0 fully saturated rings. The monoisotopic (exact) mass is 912 g/mol. The fourth-order valence-corrected chi connectivity index (χ4v) is 14.3. The van der Waals surface area contributed by atoms with Crippen LogP contribution in [0.5, 0.6) is 0 Å². The van der Waals surface area contributed by atoms with Gasteiger partial charge in [0.15, 0.2) is 7.28 Å². The Hall–Kier alpha value is -6.56. The van der Waals surface area contributed by atoms with Crippen molar-refractivity contribution in [2.45, 2.75) is 104 Å². The van der Waals surface area contributed by atoms with Crippen molar-refractivity contribution in [1.29, 1.82) is 0 Å². The molecule has 1 aliphatic heterocycles.